The van der Waals surface area contributed by atoms with Gasteiger partial charge in [-0.25, -0.2) is 0 Å². The first-order valence-electron chi connectivity index (χ1n) is 6.51. The van der Waals surface area contributed by atoms with Crippen LogP contribution in [0.2, 0.25) is 0 Å². The van der Waals surface area contributed by atoms with Gasteiger partial charge in [-0.3, -0.25) is 0 Å². The molecular weight excluding hydrogens is 268 g/mol. The summed E-state index contributed by atoms with van der Waals surface area (Å²) >= 11 is 5.10. The van der Waals surface area contributed by atoms with E-state index in [0.29, 0.717) is 11.6 Å². The third-order valence-corrected chi connectivity index (χ3v) is 3.19. The Morgan fingerprint density at radius 1 is 1.20 bits per heavy atom. The molecule has 0 heterocycles. The minimum absolute atomic E-state index is 0.391. The van der Waals surface area contributed by atoms with E-state index in [2.05, 4.69) is 5.32 Å². The molecule has 20 heavy (non-hydrogen) atoms. The molecule has 104 valence electrons. The van der Waals surface area contributed by atoms with E-state index in [1.165, 1.54) is 0 Å². The second kappa shape index (κ2) is 6.39. The molecule has 0 aliphatic rings. The van der Waals surface area contributed by atoms with Crippen molar-refractivity contribution in [2.24, 2.45) is 5.73 Å². The first-order chi connectivity index (χ1) is 9.61. The predicted molar refractivity (Wildman–Crippen MR) is 88.0 cm³/mol. The Morgan fingerprint density at radius 3 is 2.50 bits per heavy atom. The summed E-state index contributed by atoms with van der Waals surface area (Å²) in [5.41, 5.74) is 9.65. The van der Waals surface area contributed by atoms with Crippen LogP contribution < -0.4 is 15.8 Å². The van der Waals surface area contributed by atoms with Gasteiger partial charge in [-0.05, 0) is 49.7 Å². The van der Waals surface area contributed by atoms with Crippen LogP contribution in [0.4, 0.5) is 11.4 Å². The molecule has 2 aromatic carbocycles. The molecule has 0 fully saturated rings. The first kappa shape index (κ1) is 14.3. The van der Waals surface area contributed by atoms with E-state index >= 15 is 0 Å². The molecule has 0 saturated heterocycles. The Balaban J connectivity index is 2.27. The highest BCUT2D eigenvalue weighted by Gasteiger charge is 2.08. The smallest absolute Gasteiger partial charge is 0.119 e. The molecule has 0 aromatic heterocycles. The number of anilines is 2. The van der Waals surface area contributed by atoms with Gasteiger partial charge < -0.3 is 15.8 Å². The molecule has 0 aliphatic heterocycles. The Labute approximate surface area is 124 Å². The van der Waals surface area contributed by atoms with Crippen LogP contribution in [0.25, 0.3) is 0 Å². The Hall–Kier alpha value is -2.07. The summed E-state index contributed by atoms with van der Waals surface area (Å²) in [6.45, 7) is 4.66. The SMILES string of the molecule is CCOc1ccc(Nc2c(C)cccc2C(N)=S)cc1. The summed E-state index contributed by atoms with van der Waals surface area (Å²) in [6, 6.07) is 13.7. The molecule has 0 amide bonds. The quantitative estimate of drug-likeness (QED) is 0.821. The summed E-state index contributed by atoms with van der Waals surface area (Å²) < 4.78 is 5.43. The van der Waals surface area contributed by atoms with E-state index in [9.17, 15) is 0 Å². The molecule has 2 rings (SSSR count). The molecule has 0 radical (unpaired) electrons. The maximum atomic E-state index is 5.77. The standard InChI is InChI=1S/C16H18N2OS/c1-3-19-13-9-7-12(8-10-13)18-15-11(2)5-4-6-14(15)16(17)20/h4-10,18H,3H2,1-2H3,(H2,17,20). The predicted octanol–water partition coefficient (Wildman–Crippen LogP) is 3.77. The minimum atomic E-state index is 0.391. The molecule has 0 saturated carbocycles. The van der Waals surface area contributed by atoms with Gasteiger partial charge in [0.15, 0.2) is 0 Å². The monoisotopic (exact) mass is 286 g/mol. The first-order valence-corrected chi connectivity index (χ1v) is 6.92. The van der Waals surface area contributed by atoms with Gasteiger partial charge in [-0.15, -0.1) is 0 Å². The number of para-hydroxylation sites is 1. The van der Waals surface area contributed by atoms with Crippen LogP contribution in [-0.2, 0) is 0 Å². The normalized spacial score (nSPS) is 10.1. The van der Waals surface area contributed by atoms with Crippen molar-refractivity contribution in [3.05, 3.63) is 53.6 Å². The van der Waals surface area contributed by atoms with Gasteiger partial charge >= 0.3 is 0 Å². The van der Waals surface area contributed by atoms with Gasteiger partial charge in [0.1, 0.15) is 10.7 Å². The molecule has 0 spiro atoms. The summed E-state index contributed by atoms with van der Waals surface area (Å²) in [5, 5.41) is 3.37. The Kier molecular flexibility index (Phi) is 4.58. The van der Waals surface area contributed by atoms with Gasteiger partial charge in [0, 0.05) is 11.3 Å². The van der Waals surface area contributed by atoms with E-state index in [1.807, 2.05) is 56.3 Å². The average molecular weight is 286 g/mol. The number of thiocarbonyl (C=S) groups is 1. The summed E-state index contributed by atoms with van der Waals surface area (Å²) in [7, 11) is 0. The fraction of sp³-hybridized carbons (Fsp3) is 0.188. The van der Waals surface area contributed by atoms with Crippen LogP contribution in [0.15, 0.2) is 42.5 Å². The number of aryl methyl sites for hydroxylation is 1. The van der Waals surface area contributed by atoms with Crippen molar-refractivity contribution < 1.29 is 4.74 Å². The zero-order chi connectivity index (χ0) is 14.5. The van der Waals surface area contributed by atoms with Crippen LogP contribution >= 0.6 is 12.2 Å². The number of nitrogens with one attached hydrogen (secondary N) is 1. The van der Waals surface area contributed by atoms with Crippen molar-refractivity contribution >= 4 is 28.6 Å². The van der Waals surface area contributed by atoms with Crippen molar-refractivity contribution in [1.29, 1.82) is 0 Å². The number of nitrogens with two attached hydrogens (primary N) is 1. The van der Waals surface area contributed by atoms with Gasteiger partial charge in [0.2, 0.25) is 0 Å². The van der Waals surface area contributed by atoms with Crippen molar-refractivity contribution in [3.8, 4) is 5.75 Å². The van der Waals surface area contributed by atoms with Gasteiger partial charge in [-0.1, -0.05) is 24.4 Å². The fourth-order valence-electron chi connectivity index (χ4n) is 1.98. The highest BCUT2D eigenvalue weighted by atomic mass is 32.1. The Bertz CT molecular complexity index is 608. The van der Waals surface area contributed by atoms with Crippen molar-refractivity contribution in [2.75, 3.05) is 11.9 Å². The topological polar surface area (TPSA) is 47.3 Å². The van der Waals surface area contributed by atoms with Gasteiger partial charge in [-0.2, -0.15) is 0 Å². The lowest BCUT2D eigenvalue weighted by atomic mass is 10.1. The lowest BCUT2D eigenvalue weighted by Gasteiger charge is -2.14. The number of benzene rings is 2. The molecule has 4 heteroatoms. The number of rotatable bonds is 5. The molecule has 3 N–H and O–H groups in total. The van der Waals surface area contributed by atoms with Crippen LogP contribution in [0.1, 0.15) is 18.1 Å². The third-order valence-electron chi connectivity index (χ3n) is 2.97. The molecule has 0 bridgehead atoms. The molecule has 2 aromatic rings. The van der Waals surface area contributed by atoms with E-state index in [-0.39, 0.29) is 0 Å². The maximum Gasteiger partial charge on any atom is 0.119 e. The van der Waals surface area contributed by atoms with Crippen molar-refractivity contribution in [1.82, 2.24) is 0 Å². The van der Waals surface area contributed by atoms with Crippen LogP contribution in [0, 0.1) is 6.92 Å². The second-order valence-corrected chi connectivity index (χ2v) is 4.88. The zero-order valence-corrected chi connectivity index (χ0v) is 12.5. The second-order valence-electron chi connectivity index (χ2n) is 4.44. The molecule has 3 nitrogen and oxygen atoms in total. The third kappa shape index (κ3) is 3.27. The average Bonchev–Trinajstić information content (AvgIpc) is 2.43. The minimum Gasteiger partial charge on any atom is -0.494 e. The van der Waals surface area contributed by atoms with Crippen LogP contribution in [-0.4, -0.2) is 11.6 Å². The lowest BCUT2D eigenvalue weighted by Crippen LogP contribution is -2.12. The van der Waals surface area contributed by atoms with Gasteiger partial charge in [0.05, 0.1) is 12.3 Å². The van der Waals surface area contributed by atoms with E-state index in [1.54, 1.807) is 0 Å². The molecular formula is C16H18N2OS. The molecule has 0 unspecified atom stereocenters. The summed E-state index contributed by atoms with van der Waals surface area (Å²) in [6.07, 6.45) is 0. The van der Waals surface area contributed by atoms with E-state index < -0.39 is 0 Å². The van der Waals surface area contributed by atoms with Crippen molar-refractivity contribution in [2.45, 2.75) is 13.8 Å². The molecule has 0 atom stereocenters. The maximum absolute atomic E-state index is 5.77. The van der Waals surface area contributed by atoms with Gasteiger partial charge in [0.25, 0.3) is 0 Å². The summed E-state index contributed by atoms with van der Waals surface area (Å²) in [4.78, 5) is 0.391. The van der Waals surface area contributed by atoms with Crippen LogP contribution in [0.3, 0.4) is 0 Å². The Morgan fingerprint density at radius 2 is 1.90 bits per heavy atom. The van der Waals surface area contributed by atoms with Crippen molar-refractivity contribution in [3.63, 3.8) is 0 Å². The summed E-state index contributed by atoms with van der Waals surface area (Å²) in [5.74, 6) is 0.859. The number of ether oxygens (including phenoxy) is 1. The zero-order valence-electron chi connectivity index (χ0n) is 11.6. The largest absolute Gasteiger partial charge is 0.494 e. The van der Waals surface area contributed by atoms with Crippen LogP contribution in [0.5, 0.6) is 5.75 Å². The lowest BCUT2D eigenvalue weighted by molar-refractivity contribution is 0.340. The highest BCUT2D eigenvalue weighted by molar-refractivity contribution is 7.80. The number of hydrogen-bond donors (Lipinski definition) is 2. The highest BCUT2D eigenvalue weighted by Crippen LogP contribution is 2.26. The fourth-order valence-corrected chi connectivity index (χ4v) is 2.15. The molecule has 0 aliphatic carbocycles. The van der Waals surface area contributed by atoms with E-state index in [4.69, 9.17) is 22.7 Å². The number of hydrogen-bond acceptors (Lipinski definition) is 3. The van der Waals surface area contributed by atoms with E-state index in [0.717, 1.165) is 28.3 Å².